The maximum atomic E-state index is 11.1. The number of carbonyl (C=O) groups is 1. The molecule has 0 radical (unpaired) electrons. The number of benzene rings is 1. The summed E-state index contributed by atoms with van der Waals surface area (Å²) < 4.78 is 1.09. The van der Waals surface area contributed by atoms with Crippen LogP contribution < -0.4 is 10.2 Å². The van der Waals surface area contributed by atoms with Crippen LogP contribution in [0.1, 0.15) is 6.92 Å². The molecule has 0 aliphatic carbocycles. The number of hydrogen-bond donors (Lipinski definition) is 1. The molecule has 1 amide bonds. The Hall–Kier alpha value is -1.55. The monoisotopic (exact) mass is 248 g/mol. The zero-order valence-corrected chi connectivity index (χ0v) is 11.4. The lowest BCUT2D eigenvalue weighted by Gasteiger charge is -2.40. The molecule has 0 unspecified atom stereocenters. The van der Waals surface area contributed by atoms with Crippen molar-refractivity contribution in [3.63, 3.8) is 0 Å². The number of nitrogens with zero attached hydrogens (tertiary/aromatic N) is 2. The van der Waals surface area contributed by atoms with E-state index in [4.69, 9.17) is 0 Å². The third-order valence-corrected chi connectivity index (χ3v) is 3.48. The first-order chi connectivity index (χ1) is 8.46. The molecular formula is C14H22N3O+. The van der Waals surface area contributed by atoms with Gasteiger partial charge in [-0.3, -0.25) is 4.79 Å². The van der Waals surface area contributed by atoms with Gasteiger partial charge in [-0.25, -0.2) is 0 Å². The Kier molecular flexibility index (Phi) is 3.57. The molecule has 0 spiro atoms. The molecule has 98 valence electrons. The molecule has 0 aromatic heterocycles. The molecule has 0 saturated carbocycles. The Morgan fingerprint density at radius 3 is 2.56 bits per heavy atom. The number of quaternary nitrogens is 1. The van der Waals surface area contributed by atoms with Crippen LogP contribution in [-0.2, 0) is 4.79 Å². The standard InChI is InChI=1S/C14H21N3O/c1-12(18)15-13-5-4-6-14(11-13)16-7-9-17(2,3)10-8-16/h4-6,11H,7-10H2,1-3H3/p+1. The van der Waals surface area contributed by atoms with Crippen molar-refractivity contribution >= 4 is 17.3 Å². The highest BCUT2D eigenvalue weighted by Gasteiger charge is 2.24. The van der Waals surface area contributed by atoms with E-state index in [0.29, 0.717) is 0 Å². The molecule has 0 bridgehead atoms. The van der Waals surface area contributed by atoms with Gasteiger partial charge in [-0.2, -0.15) is 0 Å². The van der Waals surface area contributed by atoms with Gasteiger partial charge in [0.25, 0.3) is 0 Å². The highest BCUT2D eigenvalue weighted by molar-refractivity contribution is 5.89. The fraction of sp³-hybridized carbons (Fsp3) is 0.500. The molecule has 1 heterocycles. The lowest BCUT2D eigenvalue weighted by molar-refractivity contribution is -0.890. The van der Waals surface area contributed by atoms with Gasteiger partial charge in [0.1, 0.15) is 0 Å². The summed E-state index contributed by atoms with van der Waals surface area (Å²) in [4.78, 5) is 13.4. The minimum Gasteiger partial charge on any atom is -0.360 e. The topological polar surface area (TPSA) is 32.3 Å². The first kappa shape index (κ1) is 12.9. The van der Waals surface area contributed by atoms with Crippen molar-refractivity contribution in [2.24, 2.45) is 0 Å². The molecule has 1 saturated heterocycles. The largest absolute Gasteiger partial charge is 0.360 e. The number of amides is 1. The van der Waals surface area contributed by atoms with Crippen LogP contribution in [0.3, 0.4) is 0 Å². The van der Waals surface area contributed by atoms with Crippen LogP contribution in [0, 0.1) is 0 Å². The number of hydrogen-bond acceptors (Lipinski definition) is 2. The molecule has 1 N–H and O–H groups in total. The van der Waals surface area contributed by atoms with E-state index < -0.39 is 0 Å². The molecule has 2 rings (SSSR count). The highest BCUT2D eigenvalue weighted by Crippen LogP contribution is 2.21. The van der Waals surface area contributed by atoms with Crippen molar-refractivity contribution in [3.8, 4) is 0 Å². The lowest BCUT2D eigenvalue weighted by atomic mass is 10.2. The third kappa shape index (κ3) is 3.23. The predicted molar refractivity (Wildman–Crippen MR) is 74.8 cm³/mol. The number of rotatable bonds is 2. The summed E-state index contributed by atoms with van der Waals surface area (Å²) in [5.74, 6) is -0.0244. The van der Waals surface area contributed by atoms with Crippen LogP contribution in [-0.4, -0.2) is 50.7 Å². The minimum absolute atomic E-state index is 0.0244. The molecule has 4 heteroatoms. The maximum Gasteiger partial charge on any atom is 0.221 e. The average Bonchev–Trinajstić information content (AvgIpc) is 2.28. The van der Waals surface area contributed by atoms with Crippen molar-refractivity contribution < 1.29 is 9.28 Å². The number of anilines is 2. The second-order valence-electron chi connectivity index (χ2n) is 5.60. The second-order valence-corrected chi connectivity index (χ2v) is 5.60. The summed E-state index contributed by atoms with van der Waals surface area (Å²) >= 11 is 0. The number of likely N-dealkylation sites (N-methyl/N-ethyl adjacent to an activating group) is 1. The lowest BCUT2D eigenvalue weighted by Crippen LogP contribution is -2.54. The second kappa shape index (κ2) is 4.98. The highest BCUT2D eigenvalue weighted by atomic mass is 16.1. The van der Waals surface area contributed by atoms with Gasteiger partial charge in [0.2, 0.25) is 5.91 Å². The van der Waals surface area contributed by atoms with E-state index in [0.717, 1.165) is 36.3 Å². The van der Waals surface area contributed by atoms with Crippen LogP contribution in [0.4, 0.5) is 11.4 Å². The predicted octanol–water partition coefficient (Wildman–Crippen LogP) is 1.54. The van der Waals surface area contributed by atoms with E-state index in [1.165, 1.54) is 12.6 Å². The summed E-state index contributed by atoms with van der Waals surface area (Å²) in [6.07, 6.45) is 0. The van der Waals surface area contributed by atoms with Crippen molar-refractivity contribution in [2.75, 3.05) is 50.5 Å². The number of nitrogens with one attached hydrogen (secondary N) is 1. The molecule has 1 aromatic carbocycles. The van der Waals surface area contributed by atoms with Crippen LogP contribution >= 0.6 is 0 Å². The van der Waals surface area contributed by atoms with Crippen LogP contribution in [0.2, 0.25) is 0 Å². The summed E-state index contributed by atoms with van der Waals surface area (Å²) in [7, 11) is 4.54. The van der Waals surface area contributed by atoms with Crippen LogP contribution in [0.5, 0.6) is 0 Å². The molecule has 1 aliphatic heterocycles. The Bertz CT molecular complexity index is 432. The quantitative estimate of drug-likeness (QED) is 0.805. The maximum absolute atomic E-state index is 11.1. The van der Waals surface area contributed by atoms with E-state index in [-0.39, 0.29) is 5.91 Å². The minimum atomic E-state index is -0.0244. The van der Waals surface area contributed by atoms with E-state index in [2.05, 4.69) is 30.4 Å². The van der Waals surface area contributed by atoms with Gasteiger partial charge >= 0.3 is 0 Å². The first-order valence-electron chi connectivity index (χ1n) is 6.41. The van der Waals surface area contributed by atoms with Crippen LogP contribution in [0.25, 0.3) is 0 Å². The van der Waals surface area contributed by atoms with Crippen molar-refractivity contribution in [3.05, 3.63) is 24.3 Å². The van der Waals surface area contributed by atoms with E-state index >= 15 is 0 Å². The van der Waals surface area contributed by atoms with E-state index in [1.54, 1.807) is 0 Å². The van der Waals surface area contributed by atoms with Gasteiger partial charge < -0.3 is 14.7 Å². The van der Waals surface area contributed by atoms with Crippen LogP contribution in [0.15, 0.2) is 24.3 Å². The fourth-order valence-corrected chi connectivity index (χ4v) is 2.25. The Morgan fingerprint density at radius 1 is 1.28 bits per heavy atom. The summed E-state index contributed by atoms with van der Waals surface area (Å²) in [5, 5.41) is 2.83. The van der Waals surface area contributed by atoms with Gasteiger partial charge in [-0.1, -0.05) is 6.07 Å². The van der Waals surface area contributed by atoms with Gasteiger partial charge in [0.05, 0.1) is 40.3 Å². The van der Waals surface area contributed by atoms with Gasteiger partial charge in [0.15, 0.2) is 0 Å². The Morgan fingerprint density at radius 2 is 1.94 bits per heavy atom. The SMILES string of the molecule is CC(=O)Nc1cccc(N2CC[N+](C)(C)CC2)c1. The Balaban J connectivity index is 2.07. The number of piperazine rings is 1. The molecular weight excluding hydrogens is 226 g/mol. The fourth-order valence-electron chi connectivity index (χ4n) is 2.25. The normalized spacial score (nSPS) is 18.5. The van der Waals surface area contributed by atoms with Gasteiger partial charge in [-0.05, 0) is 18.2 Å². The molecule has 18 heavy (non-hydrogen) atoms. The van der Waals surface area contributed by atoms with Crippen molar-refractivity contribution in [2.45, 2.75) is 6.92 Å². The zero-order chi connectivity index (χ0) is 13.2. The molecule has 1 aromatic rings. The number of carbonyl (C=O) groups excluding carboxylic acids is 1. The van der Waals surface area contributed by atoms with Crippen molar-refractivity contribution in [1.29, 1.82) is 0 Å². The zero-order valence-electron chi connectivity index (χ0n) is 11.4. The summed E-state index contributed by atoms with van der Waals surface area (Å²) in [6.45, 7) is 5.98. The molecule has 1 fully saturated rings. The molecule has 0 atom stereocenters. The van der Waals surface area contributed by atoms with Gasteiger partial charge in [-0.15, -0.1) is 0 Å². The average molecular weight is 248 g/mol. The summed E-state index contributed by atoms with van der Waals surface area (Å²) in [5.41, 5.74) is 2.07. The first-order valence-corrected chi connectivity index (χ1v) is 6.41. The smallest absolute Gasteiger partial charge is 0.221 e. The summed E-state index contributed by atoms with van der Waals surface area (Å²) in [6, 6.07) is 8.08. The Labute approximate surface area is 109 Å². The van der Waals surface area contributed by atoms with Crippen molar-refractivity contribution in [1.82, 2.24) is 0 Å². The molecule has 4 nitrogen and oxygen atoms in total. The van der Waals surface area contributed by atoms with E-state index in [9.17, 15) is 4.79 Å². The molecule has 1 aliphatic rings. The van der Waals surface area contributed by atoms with E-state index in [1.807, 2.05) is 18.2 Å². The third-order valence-electron chi connectivity index (χ3n) is 3.48. The van der Waals surface area contributed by atoms with Gasteiger partial charge in [0, 0.05) is 18.3 Å².